The summed E-state index contributed by atoms with van der Waals surface area (Å²) in [5.41, 5.74) is -0.243. The van der Waals surface area contributed by atoms with Gasteiger partial charge in [0, 0.05) is 17.5 Å². The summed E-state index contributed by atoms with van der Waals surface area (Å²) < 4.78 is 26.4. The summed E-state index contributed by atoms with van der Waals surface area (Å²) >= 11 is 0. The normalized spacial score (nSPS) is 14.0. The minimum atomic E-state index is -4.28. The molecule has 1 aromatic heterocycles. The van der Waals surface area contributed by atoms with Gasteiger partial charge in [-0.05, 0) is 11.6 Å². The number of ether oxygens (including phenoxy) is 2. The van der Waals surface area contributed by atoms with Crippen LogP contribution in [-0.2, 0) is 10.7 Å². The van der Waals surface area contributed by atoms with Gasteiger partial charge >= 0.3 is 13.2 Å². The fourth-order valence-electron chi connectivity index (χ4n) is 1.97. The van der Waals surface area contributed by atoms with E-state index in [-0.39, 0.29) is 17.9 Å². The molecule has 0 aliphatic carbocycles. The average molecular weight is 284 g/mol. The summed E-state index contributed by atoms with van der Waals surface area (Å²) in [6, 6.07) is 4.09. The number of hydrogen-bond acceptors (Lipinski definition) is 5. The maximum atomic E-state index is 11.4. The molecule has 0 saturated heterocycles. The molecule has 1 aromatic carbocycles. The molecule has 3 rings (SSSR count). The van der Waals surface area contributed by atoms with Crippen molar-refractivity contribution in [2.24, 2.45) is 0 Å². The van der Waals surface area contributed by atoms with Crippen LogP contribution in [0, 0.1) is 0 Å². The van der Waals surface area contributed by atoms with Crippen molar-refractivity contribution >= 4 is 18.6 Å². The highest BCUT2D eigenvalue weighted by Crippen LogP contribution is 2.42. The number of benzene rings is 1. The lowest BCUT2D eigenvalue weighted by Crippen LogP contribution is -2.01. The van der Waals surface area contributed by atoms with Crippen LogP contribution in [0.3, 0.4) is 0 Å². The fourth-order valence-corrected chi connectivity index (χ4v) is 2.67. The third kappa shape index (κ3) is 2.35. The first-order valence-corrected chi connectivity index (χ1v) is 7.13. The van der Waals surface area contributed by atoms with Gasteiger partial charge in [-0.1, -0.05) is 0 Å². The monoisotopic (exact) mass is 284 g/mol. The first-order chi connectivity index (χ1) is 8.92. The second-order valence-corrected chi connectivity index (χ2v) is 5.76. The number of hydrogen-bond donors (Lipinski definition) is 2. The van der Waals surface area contributed by atoms with Crippen LogP contribution in [0.1, 0.15) is 5.56 Å². The highest BCUT2D eigenvalue weighted by molar-refractivity contribution is 7.50. The third-order valence-corrected chi connectivity index (χ3v) is 3.45. The Balaban J connectivity index is 2.26. The molecule has 0 radical (unpaired) electrons. The van der Waals surface area contributed by atoms with Crippen LogP contribution >= 0.6 is 7.60 Å². The van der Waals surface area contributed by atoms with Crippen molar-refractivity contribution in [2.75, 3.05) is 6.79 Å². The molecule has 8 heteroatoms. The van der Waals surface area contributed by atoms with Crippen LogP contribution in [0.15, 0.2) is 27.4 Å². The standard InChI is InChI=1S/C11H9O7P/c12-11-1-6(4-19(13,14)15)7-2-9-10(17-5-16-9)3-8(7)18-11/h1-3H,4-5H2,(H2,13,14,15). The van der Waals surface area contributed by atoms with Crippen molar-refractivity contribution in [1.29, 1.82) is 0 Å². The molecule has 1 aliphatic rings. The minimum Gasteiger partial charge on any atom is -0.454 e. The molecule has 1 aliphatic heterocycles. The largest absolute Gasteiger partial charge is 0.454 e. The van der Waals surface area contributed by atoms with Crippen molar-refractivity contribution in [1.82, 2.24) is 0 Å². The van der Waals surface area contributed by atoms with Crippen molar-refractivity contribution in [3.8, 4) is 11.5 Å². The van der Waals surface area contributed by atoms with Gasteiger partial charge in [-0.15, -0.1) is 0 Å². The Morgan fingerprint density at radius 3 is 2.53 bits per heavy atom. The summed E-state index contributed by atoms with van der Waals surface area (Å²) in [4.78, 5) is 29.5. The lowest BCUT2D eigenvalue weighted by atomic mass is 10.1. The number of fused-ring (bicyclic) bond motifs is 2. The molecule has 100 valence electrons. The van der Waals surface area contributed by atoms with Crippen molar-refractivity contribution < 1.29 is 28.2 Å². The summed E-state index contributed by atoms with van der Waals surface area (Å²) in [7, 11) is -4.28. The molecule has 0 amide bonds. The van der Waals surface area contributed by atoms with E-state index in [0.29, 0.717) is 16.9 Å². The SMILES string of the molecule is O=c1cc(CP(=O)(O)O)c2cc3c(cc2o1)OCO3. The zero-order chi connectivity index (χ0) is 13.6. The molecule has 0 fully saturated rings. The predicted molar refractivity (Wildman–Crippen MR) is 64.4 cm³/mol. The second kappa shape index (κ2) is 4.09. The molecule has 0 bridgehead atoms. The first kappa shape index (κ1) is 12.2. The lowest BCUT2D eigenvalue weighted by molar-refractivity contribution is 0.174. The predicted octanol–water partition coefficient (Wildman–Crippen LogP) is 1.20. The first-order valence-electron chi connectivity index (χ1n) is 5.33. The Labute approximate surface area is 106 Å². The number of rotatable bonds is 2. The van der Waals surface area contributed by atoms with E-state index in [2.05, 4.69) is 0 Å². The van der Waals surface area contributed by atoms with Crippen LogP contribution in [0.5, 0.6) is 11.5 Å². The van der Waals surface area contributed by atoms with Crippen molar-refractivity contribution in [2.45, 2.75) is 6.16 Å². The van der Waals surface area contributed by atoms with Gasteiger partial charge in [0.2, 0.25) is 6.79 Å². The zero-order valence-electron chi connectivity index (χ0n) is 9.53. The van der Waals surface area contributed by atoms with Gasteiger partial charge in [0.25, 0.3) is 0 Å². The van der Waals surface area contributed by atoms with E-state index in [1.165, 1.54) is 6.07 Å². The van der Waals surface area contributed by atoms with E-state index >= 15 is 0 Å². The molecule has 2 aromatic rings. The maximum Gasteiger partial charge on any atom is 0.336 e. The molecule has 2 N–H and O–H groups in total. The van der Waals surface area contributed by atoms with Crippen LogP contribution < -0.4 is 15.1 Å². The highest BCUT2D eigenvalue weighted by Gasteiger charge is 2.21. The molecule has 0 unspecified atom stereocenters. The van der Waals surface area contributed by atoms with Gasteiger partial charge in [0.05, 0.1) is 6.16 Å². The van der Waals surface area contributed by atoms with E-state index in [9.17, 15) is 9.36 Å². The van der Waals surface area contributed by atoms with Crippen molar-refractivity contribution in [3.63, 3.8) is 0 Å². The Morgan fingerprint density at radius 1 is 1.16 bits per heavy atom. The Hall–Kier alpha value is -1.82. The van der Waals surface area contributed by atoms with Crippen LogP contribution in [0.25, 0.3) is 11.0 Å². The summed E-state index contributed by atoms with van der Waals surface area (Å²) in [5, 5.41) is 0.423. The van der Waals surface area contributed by atoms with Gasteiger partial charge < -0.3 is 23.7 Å². The lowest BCUT2D eigenvalue weighted by Gasteiger charge is -2.07. The Morgan fingerprint density at radius 2 is 1.84 bits per heavy atom. The van der Waals surface area contributed by atoms with Gasteiger partial charge in [0.15, 0.2) is 11.5 Å². The van der Waals surface area contributed by atoms with Gasteiger partial charge in [-0.25, -0.2) is 4.79 Å². The maximum absolute atomic E-state index is 11.4. The molecule has 0 saturated carbocycles. The van der Waals surface area contributed by atoms with Gasteiger partial charge in [0.1, 0.15) is 5.58 Å². The summed E-state index contributed by atoms with van der Waals surface area (Å²) in [6.07, 6.45) is -0.533. The molecule has 19 heavy (non-hydrogen) atoms. The fraction of sp³-hybridized carbons (Fsp3) is 0.182. The van der Waals surface area contributed by atoms with Crippen LogP contribution in [0.4, 0.5) is 0 Å². The van der Waals surface area contributed by atoms with Crippen LogP contribution in [-0.4, -0.2) is 16.6 Å². The van der Waals surface area contributed by atoms with Crippen molar-refractivity contribution in [3.05, 3.63) is 34.2 Å². The molecule has 7 nitrogen and oxygen atoms in total. The summed E-state index contributed by atoms with van der Waals surface area (Å²) in [5.74, 6) is 0.886. The van der Waals surface area contributed by atoms with Gasteiger partial charge in [-0.3, -0.25) is 4.57 Å². The molecular formula is C11H9O7P. The second-order valence-electron chi connectivity index (χ2n) is 4.12. The Bertz CT molecular complexity index is 757. The van der Waals surface area contributed by atoms with Crippen LogP contribution in [0.2, 0.25) is 0 Å². The topological polar surface area (TPSA) is 106 Å². The minimum absolute atomic E-state index is 0.0592. The van der Waals surface area contributed by atoms with E-state index in [4.69, 9.17) is 23.7 Å². The van der Waals surface area contributed by atoms with E-state index in [1.54, 1.807) is 6.07 Å². The quantitative estimate of drug-likeness (QED) is 0.630. The zero-order valence-corrected chi connectivity index (χ0v) is 10.4. The molecular weight excluding hydrogens is 275 g/mol. The van der Waals surface area contributed by atoms with E-state index < -0.39 is 19.4 Å². The smallest absolute Gasteiger partial charge is 0.336 e. The average Bonchev–Trinajstić information content (AvgIpc) is 2.71. The molecule has 2 heterocycles. The Kier molecular flexibility index (Phi) is 2.63. The molecule has 0 atom stereocenters. The third-order valence-electron chi connectivity index (χ3n) is 2.70. The van der Waals surface area contributed by atoms with E-state index in [1.807, 2.05) is 0 Å². The van der Waals surface area contributed by atoms with Gasteiger partial charge in [-0.2, -0.15) is 0 Å². The molecule has 0 spiro atoms. The van der Waals surface area contributed by atoms with E-state index in [0.717, 1.165) is 6.07 Å². The highest BCUT2D eigenvalue weighted by atomic mass is 31.2. The summed E-state index contributed by atoms with van der Waals surface area (Å²) in [6.45, 7) is 0.0592.